The number of fused-ring (bicyclic) bond motifs is 1. The van der Waals surface area contributed by atoms with Gasteiger partial charge in [-0.2, -0.15) is 0 Å². The summed E-state index contributed by atoms with van der Waals surface area (Å²) in [7, 11) is 0. The normalized spacial score (nSPS) is 10.5. The van der Waals surface area contributed by atoms with Gasteiger partial charge < -0.3 is 0 Å². The van der Waals surface area contributed by atoms with Crippen molar-refractivity contribution in [2.45, 2.75) is 19.8 Å². The lowest BCUT2D eigenvalue weighted by Crippen LogP contribution is -1.98. The highest BCUT2D eigenvalue weighted by molar-refractivity contribution is 7.80. The quantitative estimate of drug-likeness (QED) is 0.691. The van der Waals surface area contributed by atoms with Crippen molar-refractivity contribution in [2.75, 3.05) is 0 Å². The molecule has 0 bridgehead atoms. The van der Waals surface area contributed by atoms with E-state index in [1.807, 2.05) is 0 Å². The van der Waals surface area contributed by atoms with Crippen LogP contribution in [0.5, 0.6) is 0 Å². The molecule has 0 atom stereocenters. The van der Waals surface area contributed by atoms with Crippen LogP contribution in [0.25, 0.3) is 10.8 Å². The summed E-state index contributed by atoms with van der Waals surface area (Å²) < 4.78 is 0. The topological polar surface area (TPSA) is 0 Å². The van der Waals surface area contributed by atoms with Crippen LogP contribution in [-0.2, 0) is 6.42 Å². The lowest BCUT2D eigenvalue weighted by molar-refractivity contribution is 1.24. The molecule has 0 nitrogen and oxygen atoms in total. The summed E-state index contributed by atoms with van der Waals surface area (Å²) >= 11 is 5.30. The van der Waals surface area contributed by atoms with Crippen LogP contribution in [0.3, 0.4) is 0 Å². The fourth-order valence-electron chi connectivity index (χ4n) is 1.78. The Hall–Kier alpha value is -1.21. The summed E-state index contributed by atoms with van der Waals surface area (Å²) in [5.74, 6) is 0. The molecule has 0 saturated carbocycles. The number of hydrogen-bond acceptors (Lipinski definition) is 1. The molecule has 0 aliphatic carbocycles. The first kappa shape index (κ1) is 10.3. The maximum Gasteiger partial charge on any atom is 0.00442 e. The molecule has 2 aromatic carbocycles. The molecule has 0 unspecified atom stereocenters. The van der Waals surface area contributed by atoms with Crippen molar-refractivity contribution in [3.63, 3.8) is 0 Å². The fraction of sp³-hybridized carbons (Fsp3) is 0.214. The second-order valence-corrected chi connectivity index (χ2v) is 4.28. The van der Waals surface area contributed by atoms with E-state index in [1.165, 1.54) is 16.3 Å². The van der Waals surface area contributed by atoms with E-state index >= 15 is 0 Å². The second kappa shape index (κ2) is 4.54. The van der Waals surface area contributed by atoms with Crippen molar-refractivity contribution in [3.8, 4) is 0 Å². The predicted octanol–water partition coefficient (Wildman–Crippen LogP) is 4.16. The number of thiocarbonyl (C=S) groups is 1. The zero-order valence-electron chi connectivity index (χ0n) is 8.86. The van der Waals surface area contributed by atoms with E-state index in [9.17, 15) is 0 Å². The SMILES string of the molecule is CCC(=S)Cc1cccc2ccccc12. The van der Waals surface area contributed by atoms with Gasteiger partial charge in [-0.15, -0.1) is 0 Å². The minimum Gasteiger partial charge on any atom is -0.0893 e. The molecule has 76 valence electrons. The standard InChI is InChI=1S/C14H14S/c1-2-13(15)10-12-8-5-7-11-6-3-4-9-14(11)12/h3-9H,2,10H2,1H3. The summed E-state index contributed by atoms with van der Waals surface area (Å²) in [4.78, 5) is 1.13. The van der Waals surface area contributed by atoms with E-state index in [4.69, 9.17) is 12.2 Å². The zero-order chi connectivity index (χ0) is 10.7. The third-order valence-electron chi connectivity index (χ3n) is 2.66. The van der Waals surface area contributed by atoms with Crippen molar-refractivity contribution in [1.82, 2.24) is 0 Å². The third-order valence-corrected chi connectivity index (χ3v) is 3.09. The van der Waals surface area contributed by atoms with Gasteiger partial charge in [-0.3, -0.25) is 0 Å². The molecule has 0 aliphatic heterocycles. The summed E-state index contributed by atoms with van der Waals surface area (Å²) in [6.45, 7) is 2.12. The van der Waals surface area contributed by atoms with Crippen LogP contribution < -0.4 is 0 Å². The largest absolute Gasteiger partial charge is 0.0893 e. The van der Waals surface area contributed by atoms with Gasteiger partial charge in [-0.25, -0.2) is 0 Å². The Kier molecular flexibility index (Phi) is 3.12. The van der Waals surface area contributed by atoms with Crippen LogP contribution in [0, 0.1) is 0 Å². The Morgan fingerprint density at radius 2 is 1.80 bits per heavy atom. The van der Waals surface area contributed by atoms with E-state index in [-0.39, 0.29) is 0 Å². The van der Waals surface area contributed by atoms with E-state index in [0.717, 1.165) is 17.7 Å². The van der Waals surface area contributed by atoms with Gasteiger partial charge in [-0.05, 0) is 27.6 Å². The van der Waals surface area contributed by atoms with E-state index in [0.29, 0.717) is 0 Å². The molecule has 0 aromatic heterocycles. The molecule has 1 heteroatoms. The van der Waals surface area contributed by atoms with E-state index in [2.05, 4.69) is 49.4 Å². The molecule has 0 amide bonds. The number of hydrogen-bond donors (Lipinski definition) is 0. The smallest absolute Gasteiger partial charge is 0.00442 e. The maximum atomic E-state index is 5.30. The first-order valence-electron chi connectivity index (χ1n) is 5.29. The van der Waals surface area contributed by atoms with Crippen LogP contribution in [0.15, 0.2) is 42.5 Å². The lowest BCUT2D eigenvalue weighted by atomic mass is 10.0. The van der Waals surface area contributed by atoms with Crippen molar-refractivity contribution in [1.29, 1.82) is 0 Å². The molecule has 0 radical (unpaired) electrons. The van der Waals surface area contributed by atoms with Gasteiger partial charge >= 0.3 is 0 Å². The Bertz CT molecular complexity index is 480. The van der Waals surface area contributed by atoms with Gasteiger partial charge in [0, 0.05) is 6.42 Å². The van der Waals surface area contributed by atoms with Gasteiger partial charge in [0.1, 0.15) is 0 Å². The fourth-order valence-corrected chi connectivity index (χ4v) is 1.94. The summed E-state index contributed by atoms with van der Waals surface area (Å²) in [6.07, 6.45) is 1.91. The second-order valence-electron chi connectivity index (χ2n) is 3.71. The van der Waals surface area contributed by atoms with Gasteiger partial charge in [0.25, 0.3) is 0 Å². The monoisotopic (exact) mass is 214 g/mol. The summed E-state index contributed by atoms with van der Waals surface area (Å²) in [6, 6.07) is 14.9. The van der Waals surface area contributed by atoms with Crippen molar-refractivity contribution in [2.24, 2.45) is 0 Å². The van der Waals surface area contributed by atoms with Crippen LogP contribution in [0.1, 0.15) is 18.9 Å². The Morgan fingerprint density at radius 1 is 1.07 bits per heavy atom. The molecule has 2 rings (SSSR count). The molecule has 0 fully saturated rings. The van der Waals surface area contributed by atoms with Crippen LogP contribution in [0.4, 0.5) is 0 Å². The van der Waals surface area contributed by atoms with E-state index < -0.39 is 0 Å². The minimum atomic E-state index is 0.924. The summed E-state index contributed by atoms with van der Waals surface area (Å²) in [5, 5.41) is 2.63. The first-order valence-corrected chi connectivity index (χ1v) is 5.70. The molecule has 0 heterocycles. The first-order chi connectivity index (χ1) is 7.31. The van der Waals surface area contributed by atoms with Crippen LogP contribution in [-0.4, -0.2) is 4.86 Å². The Balaban J connectivity index is 2.46. The highest BCUT2D eigenvalue weighted by atomic mass is 32.1. The molecular weight excluding hydrogens is 200 g/mol. The number of benzene rings is 2. The lowest BCUT2D eigenvalue weighted by Gasteiger charge is -2.06. The van der Waals surface area contributed by atoms with Gasteiger partial charge in [-0.1, -0.05) is 61.6 Å². The molecule has 0 N–H and O–H groups in total. The van der Waals surface area contributed by atoms with Gasteiger partial charge in [0.2, 0.25) is 0 Å². The maximum absolute atomic E-state index is 5.30. The van der Waals surface area contributed by atoms with Crippen molar-refractivity contribution < 1.29 is 0 Å². The van der Waals surface area contributed by atoms with Crippen LogP contribution >= 0.6 is 12.2 Å². The highest BCUT2D eigenvalue weighted by Gasteiger charge is 2.01. The average molecular weight is 214 g/mol. The van der Waals surface area contributed by atoms with E-state index in [1.54, 1.807) is 0 Å². The van der Waals surface area contributed by atoms with Crippen molar-refractivity contribution in [3.05, 3.63) is 48.0 Å². The molecule has 0 aliphatic rings. The van der Waals surface area contributed by atoms with Gasteiger partial charge in [0.05, 0.1) is 0 Å². The molecule has 15 heavy (non-hydrogen) atoms. The Morgan fingerprint density at radius 3 is 2.60 bits per heavy atom. The van der Waals surface area contributed by atoms with Crippen molar-refractivity contribution >= 4 is 27.9 Å². The predicted molar refractivity (Wildman–Crippen MR) is 70.5 cm³/mol. The average Bonchev–Trinajstić information content (AvgIpc) is 2.29. The highest BCUT2D eigenvalue weighted by Crippen LogP contribution is 2.19. The van der Waals surface area contributed by atoms with Crippen LogP contribution in [0.2, 0.25) is 0 Å². The number of rotatable bonds is 3. The Labute approximate surface area is 95.9 Å². The third kappa shape index (κ3) is 2.24. The minimum absolute atomic E-state index is 0.924. The van der Waals surface area contributed by atoms with Gasteiger partial charge in [0.15, 0.2) is 0 Å². The molecular formula is C14H14S. The molecule has 2 aromatic rings. The zero-order valence-corrected chi connectivity index (χ0v) is 9.68. The summed E-state index contributed by atoms with van der Waals surface area (Å²) in [5.41, 5.74) is 1.35. The molecule has 0 spiro atoms. The molecule has 0 saturated heterocycles.